The molecule has 1 aromatic rings. The quantitative estimate of drug-likeness (QED) is 0.106. The molecule has 4 aliphatic rings. The smallest absolute Gasteiger partial charge is 0.352 e. The Balaban J connectivity index is 1.32. The number of rotatable bonds is 8. The van der Waals surface area contributed by atoms with Gasteiger partial charge in [0, 0.05) is 29.0 Å². The van der Waals surface area contributed by atoms with Crippen molar-refractivity contribution in [2.24, 2.45) is 15.9 Å². The van der Waals surface area contributed by atoms with Gasteiger partial charge in [-0.05, 0) is 44.4 Å². The van der Waals surface area contributed by atoms with E-state index in [0.717, 1.165) is 31.3 Å². The molecule has 13 nitrogen and oxygen atoms in total. The van der Waals surface area contributed by atoms with Crippen molar-refractivity contribution < 1.29 is 28.9 Å². The molecular formula is C23H29N8O5S2+. The zero-order valence-corrected chi connectivity index (χ0v) is 22.5. The number of aromatic nitrogens is 1. The minimum atomic E-state index is -1.17. The van der Waals surface area contributed by atoms with Crippen LogP contribution in [0.1, 0.15) is 24.4 Å². The van der Waals surface area contributed by atoms with E-state index in [1.54, 1.807) is 0 Å². The fraction of sp³-hybridized carbons (Fsp3) is 0.478. The van der Waals surface area contributed by atoms with Crippen molar-refractivity contribution >= 4 is 53.0 Å². The molecule has 1 aromatic heterocycles. The Morgan fingerprint density at radius 1 is 1.45 bits per heavy atom. The molecule has 15 heteroatoms. The number of oxime groups is 1. The van der Waals surface area contributed by atoms with Crippen LogP contribution in [0.3, 0.4) is 0 Å². The normalized spacial score (nSPS) is 27.4. The van der Waals surface area contributed by atoms with Gasteiger partial charge in [-0.2, -0.15) is 0 Å². The number of thioether (sulfide) groups is 1. The highest BCUT2D eigenvalue weighted by Gasteiger charge is 2.55. The van der Waals surface area contributed by atoms with Crippen LogP contribution < -0.4 is 20.3 Å². The molecule has 2 saturated heterocycles. The first-order valence-corrected chi connectivity index (χ1v) is 14.0. The molecule has 5 N–H and O–H groups in total. The SMILES string of the molecule is CO/N=C(\C(=O)N[C@@H]1C(=O)N2C(C(=O)O)=C(C[n+]3cccc(C4CCCN4C)c3)CSC12)C1=NC(N)SN1. The number of aliphatic imine (C=N–C) groups is 1. The van der Waals surface area contributed by atoms with E-state index in [9.17, 15) is 19.5 Å². The van der Waals surface area contributed by atoms with Crippen LogP contribution in [0.5, 0.6) is 0 Å². The van der Waals surface area contributed by atoms with E-state index in [0.29, 0.717) is 23.9 Å². The predicted molar refractivity (Wildman–Crippen MR) is 142 cm³/mol. The monoisotopic (exact) mass is 561 g/mol. The summed E-state index contributed by atoms with van der Waals surface area (Å²) in [5, 5.41) is 15.9. The van der Waals surface area contributed by atoms with Crippen LogP contribution in [0.15, 0.2) is 45.9 Å². The van der Waals surface area contributed by atoms with Gasteiger partial charge >= 0.3 is 5.97 Å². The summed E-state index contributed by atoms with van der Waals surface area (Å²) in [4.78, 5) is 50.8. The maximum Gasteiger partial charge on any atom is 0.352 e. The van der Waals surface area contributed by atoms with E-state index in [2.05, 4.69) is 44.4 Å². The van der Waals surface area contributed by atoms with E-state index < -0.39 is 34.7 Å². The topological polar surface area (TPSA) is 166 Å². The van der Waals surface area contributed by atoms with Crippen molar-refractivity contribution in [3.63, 3.8) is 0 Å². The average molecular weight is 562 g/mol. The summed E-state index contributed by atoms with van der Waals surface area (Å²) in [5.41, 5.74) is 6.75. The first-order valence-electron chi connectivity index (χ1n) is 12.0. The number of carboxylic acid groups (broad SMARTS) is 1. The van der Waals surface area contributed by atoms with Crippen molar-refractivity contribution in [3.05, 3.63) is 41.4 Å². The molecule has 4 aliphatic heterocycles. The molecule has 202 valence electrons. The molecule has 0 radical (unpaired) electrons. The van der Waals surface area contributed by atoms with Gasteiger partial charge in [0.25, 0.3) is 11.8 Å². The van der Waals surface area contributed by atoms with Gasteiger partial charge in [0.15, 0.2) is 30.3 Å². The lowest BCUT2D eigenvalue weighted by Crippen LogP contribution is -2.71. The molecule has 0 bridgehead atoms. The molecule has 3 unspecified atom stereocenters. The molecule has 4 atom stereocenters. The summed E-state index contributed by atoms with van der Waals surface area (Å²) in [6.45, 7) is 1.40. The second-order valence-electron chi connectivity index (χ2n) is 9.28. The van der Waals surface area contributed by atoms with Gasteiger partial charge in [0.05, 0.1) is 0 Å². The Morgan fingerprint density at radius 2 is 2.26 bits per heavy atom. The third-order valence-electron chi connectivity index (χ3n) is 6.85. The third kappa shape index (κ3) is 4.98. The van der Waals surface area contributed by atoms with Crippen molar-refractivity contribution in [2.45, 2.75) is 42.3 Å². The summed E-state index contributed by atoms with van der Waals surface area (Å²) in [6.07, 6.45) is 6.19. The number of fused-ring (bicyclic) bond motifs is 1. The first kappa shape index (κ1) is 26.5. The highest BCUT2D eigenvalue weighted by molar-refractivity contribution is 8.00. The van der Waals surface area contributed by atoms with Crippen LogP contribution in [0.4, 0.5) is 0 Å². The zero-order valence-electron chi connectivity index (χ0n) is 20.9. The third-order valence-corrected chi connectivity index (χ3v) is 8.85. The van der Waals surface area contributed by atoms with Crippen LogP contribution in [-0.2, 0) is 25.8 Å². The van der Waals surface area contributed by atoms with E-state index in [1.165, 1.54) is 29.3 Å². The minimum absolute atomic E-state index is 0.0323. The van der Waals surface area contributed by atoms with Crippen LogP contribution >= 0.6 is 23.7 Å². The fourth-order valence-corrected chi connectivity index (χ4v) is 6.97. The molecule has 0 aromatic carbocycles. The summed E-state index contributed by atoms with van der Waals surface area (Å²) in [5.74, 6) is -1.81. The van der Waals surface area contributed by atoms with Crippen molar-refractivity contribution in [2.75, 3.05) is 26.5 Å². The molecule has 5 heterocycles. The first-order chi connectivity index (χ1) is 18.3. The van der Waals surface area contributed by atoms with Gasteiger partial charge in [-0.1, -0.05) is 5.16 Å². The molecule has 5 rings (SSSR count). The summed E-state index contributed by atoms with van der Waals surface area (Å²) < 4.78 is 4.77. The molecule has 2 amide bonds. The minimum Gasteiger partial charge on any atom is -0.477 e. The Kier molecular flexibility index (Phi) is 7.61. The lowest BCUT2D eigenvalue weighted by Gasteiger charge is -2.49. The number of nitrogens with two attached hydrogens (primary N) is 1. The Bertz CT molecular complexity index is 1250. The van der Waals surface area contributed by atoms with Crippen LogP contribution in [0.25, 0.3) is 0 Å². The predicted octanol–water partition coefficient (Wildman–Crippen LogP) is -0.626. The number of aliphatic carboxylic acids is 1. The number of carboxylic acids is 1. The largest absolute Gasteiger partial charge is 0.477 e. The number of nitrogens with one attached hydrogen (secondary N) is 2. The number of hydrogen-bond donors (Lipinski definition) is 4. The van der Waals surface area contributed by atoms with Gasteiger partial charge in [-0.15, -0.1) is 11.8 Å². The number of amides is 2. The summed E-state index contributed by atoms with van der Waals surface area (Å²) in [7, 11) is 3.40. The van der Waals surface area contributed by atoms with Crippen LogP contribution in [-0.4, -0.2) is 87.6 Å². The maximum atomic E-state index is 13.1. The zero-order chi connectivity index (χ0) is 27.0. The number of nitrogens with zero attached hydrogens (tertiary/aromatic N) is 5. The second kappa shape index (κ2) is 10.9. The van der Waals surface area contributed by atoms with Gasteiger partial charge < -0.3 is 20.0 Å². The molecule has 2 fully saturated rings. The highest BCUT2D eigenvalue weighted by atomic mass is 32.2. The molecule has 0 aliphatic carbocycles. The number of β-lactam (4-membered cyclic amide) rings is 1. The van der Waals surface area contributed by atoms with E-state index in [4.69, 9.17) is 10.6 Å². The Labute approximate surface area is 227 Å². The van der Waals surface area contributed by atoms with E-state index in [-0.39, 0.29) is 17.2 Å². The average Bonchev–Trinajstić information content (AvgIpc) is 3.53. The lowest BCUT2D eigenvalue weighted by atomic mass is 10.0. The number of likely N-dealkylation sites (tertiary alicyclic amines) is 1. The number of amidine groups is 1. The highest BCUT2D eigenvalue weighted by Crippen LogP contribution is 2.40. The Morgan fingerprint density at radius 3 is 2.92 bits per heavy atom. The molecule has 38 heavy (non-hydrogen) atoms. The fourth-order valence-electron chi connectivity index (χ4n) is 5.09. The second-order valence-corrected chi connectivity index (χ2v) is 11.3. The molecule has 0 saturated carbocycles. The van der Waals surface area contributed by atoms with E-state index >= 15 is 0 Å². The van der Waals surface area contributed by atoms with Crippen molar-refractivity contribution in [3.8, 4) is 0 Å². The maximum absolute atomic E-state index is 13.1. The molecular weight excluding hydrogens is 532 g/mol. The van der Waals surface area contributed by atoms with Gasteiger partial charge in [0.2, 0.25) is 5.71 Å². The molecule has 0 spiro atoms. The van der Waals surface area contributed by atoms with Crippen LogP contribution in [0, 0.1) is 0 Å². The Hall–Kier alpha value is -3.14. The summed E-state index contributed by atoms with van der Waals surface area (Å²) in [6, 6.07) is 3.49. The van der Waals surface area contributed by atoms with Crippen LogP contribution in [0.2, 0.25) is 0 Å². The standard InChI is InChI=1S/C23H28N8O5S2/c1-29-7-4-6-14(29)12-5-3-8-30(9-12)10-13-11-37-21-16(20(33)31(21)17(13)22(34)35)25-19(32)15(27-36-2)18-26-23(24)38-28-18/h3,5,8-9,14,16,21,23H,4,6-7,10-11,24H2,1-2H3,(H2-,25,26,28,32,34,35)/p+1/b27-15-/t14?,16-,21?,23?/m1/s1. The van der Waals surface area contributed by atoms with Gasteiger partial charge in [0.1, 0.15) is 24.2 Å². The lowest BCUT2D eigenvalue weighted by molar-refractivity contribution is -0.689. The number of carbonyl (C=O) groups is 3. The summed E-state index contributed by atoms with van der Waals surface area (Å²) >= 11 is 2.51. The van der Waals surface area contributed by atoms with Crippen molar-refractivity contribution in [1.29, 1.82) is 0 Å². The van der Waals surface area contributed by atoms with Crippen molar-refractivity contribution in [1.82, 2.24) is 19.8 Å². The van der Waals surface area contributed by atoms with Gasteiger partial charge in [-0.25, -0.2) is 14.4 Å². The number of carbonyl (C=O) groups excluding carboxylic acids is 2. The van der Waals surface area contributed by atoms with Gasteiger partial charge in [-0.3, -0.25) is 25.1 Å². The van der Waals surface area contributed by atoms with E-state index in [1.807, 2.05) is 16.8 Å². The number of hydrogen-bond acceptors (Lipinski definition) is 11. The number of pyridine rings is 1.